The molecular weight excluding hydrogens is 387 g/mol. The van der Waals surface area contributed by atoms with Crippen molar-refractivity contribution in [3.05, 3.63) is 63.9 Å². The first-order chi connectivity index (χ1) is 12.9. The molecule has 0 unspecified atom stereocenters. The van der Waals surface area contributed by atoms with E-state index in [0.29, 0.717) is 23.0 Å². The number of halogens is 2. The second-order valence-corrected chi connectivity index (χ2v) is 6.99. The molecule has 0 fully saturated rings. The van der Waals surface area contributed by atoms with Gasteiger partial charge < -0.3 is 15.6 Å². The highest BCUT2D eigenvalue weighted by molar-refractivity contribution is 6.36. The lowest BCUT2D eigenvalue weighted by Gasteiger charge is -2.16. The average Bonchev–Trinajstić information content (AvgIpc) is 2.98. The van der Waals surface area contributed by atoms with Crippen LogP contribution in [0.3, 0.4) is 0 Å². The Morgan fingerprint density at radius 3 is 2.67 bits per heavy atom. The molecule has 0 radical (unpaired) electrons. The van der Waals surface area contributed by atoms with Gasteiger partial charge in [-0.25, -0.2) is 4.98 Å². The fraction of sp³-hybridized carbons (Fsp3) is 0.211. The summed E-state index contributed by atoms with van der Waals surface area (Å²) in [5.74, 6) is -0.100. The molecule has 6 nitrogen and oxygen atoms in total. The van der Waals surface area contributed by atoms with Crippen LogP contribution >= 0.6 is 23.2 Å². The molecule has 0 bridgehead atoms. The molecule has 0 aliphatic carbocycles. The van der Waals surface area contributed by atoms with Crippen LogP contribution in [-0.2, 0) is 11.3 Å². The number of aryl methyl sites for hydroxylation is 1. The Morgan fingerprint density at radius 2 is 1.96 bits per heavy atom. The molecule has 3 N–H and O–H groups in total. The minimum atomic E-state index is -0.412. The number of nitrogens with two attached hydrogens (primary N) is 1. The van der Waals surface area contributed by atoms with Crippen molar-refractivity contribution in [3.8, 4) is 0 Å². The maximum Gasteiger partial charge on any atom is 0.253 e. The Hall–Kier alpha value is -2.57. The molecule has 0 saturated heterocycles. The first kappa shape index (κ1) is 19.2. The number of imidazole rings is 1. The molecule has 1 aromatic heterocycles. The van der Waals surface area contributed by atoms with E-state index < -0.39 is 11.9 Å². The third-order valence-electron chi connectivity index (χ3n) is 4.18. The van der Waals surface area contributed by atoms with Crippen molar-refractivity contribution >= 4 is 46.0 Å². The molecule has 0 saturated carbocycles. The van der Waals surface area contributed by atoms with Gasteiger partial charge in [0.25, 0.3) is 5.91 Å². The average molecular weight is 405 g/mol. The van der Waals surface area contributed by atoms with Crippen LogP contribution in [0.4, 0.5) is 0 Å². The second kappa shape index (κ2) is 7.98. The van der Waals surface area contributed by atoms with Gasteiger partial charge in [0.05, 0.1) is 27.7 Å². The number of nitrogens with one attached hydrogen (secondary N) is 1. The van der Waals surface area contributed by atoms with E-state index >= 15 is 0 Å². The maximum absolute atomic E-state index is 12.6. The Bertz CT molecular complexity index is 1020. The Morgan fingerprint density at radius 1 is 1.22 bits per heavy atom. The van der Waals surface area contributed by atoms with Gasteiger partial charge in [0.15, 0.2) is 0 Å². The molecule has 3 aromatic rings. The van der Waals surface area contributed by atoms with Gasteiger partial charge in [-0.1, -0.05) is 35.3 Å². The predicted molar refractivity (Wildman–Crippen MR) is 106 cm³/mol. The quantitative estimate of drug-likeness (QED) is 0.655. The molecule has 27 heavy (non-hydrogen) atoms. The summed E-state index contributed by atoms with van der Waals surface area (Å²) in [6.45, 7) is 2.21. The van der Waals surface area contributed by atoms with Crippen molar-refractivity contribution in [3.63, 3.8) is 0 Å². The standard InChI is InChI=1S/C19H18Cl2N4O2/c1-11(23-19(27)13-7-6-12(20)10-14(13)21)18-24-15-4-2-3-5-16(15)25(18)9-8-17(22)26/h2-7,10-11H,8-9H2,1H3,(H2,22,26)(H,23,27)/t11-/m0/s1. The third kappa shape index (κ3) is 4.23. The number of para-hydroxylation sites is 2. The SMILES string of the molecule is C[C@H](NC(=O)c1ccc(Cl)cc1Cl)c1nc2ccccc2n1CCC(N)=O. The molecule has 0 spiro atoms. The van der Waals surface area contributed by atoms with Crippen LogP contribution in [0, 0.1) is 0 Å². The number of nitrogens with zero attached hydrogens (tertiary/aromatic N) is 2. The Labute approximate surface area is 166 Å². The summed E-state index contributed by atoms with van der Waals surface area (Å²) in [5, 5.41) is 3.62. The number of carbonyl (C=O) groups is 2. The fourth-order valence-electron chi connectivity index (χ4n) is 2.89. The zero-order chi connectivity index (χ0) is 19.6. The number of aromatic nitrogens is 2. The molecule has 2 amide bonds. The van der Waals surface area contributed by atoms with Gasteiger partial charge in [-0.15, -0.1) is 0 Å². The number of primary amides is 1. The summed E-state index contributed by atoms with van der Waals surface area (Å²) in [6, 6.07) is 11.9. The van der Waals surface area contributed by atoms with Crippen LogP contribution in [0.5, 0.6) is 0 Å². The van der Waals surface area contributed by atoms with E-state index in [0.717, 1.165) is 11.0 Å². The van der Waals surface area contributed by atoms with E-state index in [2.05, 4.69) is 10.3 Å². The van der Waals surface area contributed by atoms with Crippen LogP contribution < -0.4 is 11.1 Å². The molecule has 1 atom stereocenters. The minimum absolute atomic E-state index is 0.178. The van der Waals surface area contributed by atoms with Crippen molar-refractivity contribution in [1.29, 1.82) is 0 Å². The number of amides is 2. The van der Waals surface area contributed by atoms with E-state index in [1.54, 1.807) is 12.1 Å². The summed E-state index contributed by atoms with van der Waals surface area (Å²) < 4.78 is 1.90. The van der Waals surface area contributed by atoms with Crippen molar-refractivity contribution in [2.45, 2.75) is 25.9 Å². The van der Waals surface area contributed by atoms with Crippen LogP contribution in [0.15, 0.2) is 42.5 Å². The number of fused-ring (bicyclic) bond motifs is 1. The molecule has 8 heteroatoms. The lowest BCUT2D eigenvalue weighted by molar-refractivity contribution is -0.118. The highest BCUT2D eigenvalue weighted by atomic mass is 35.5. The first-order valence-corrected chi connectivity index (χ1v) is 9.12. The number of carbonyl (C=O) groups excluding carboxylic acids is 2. The fourth-order valence-corrected chi connectivity index (χ4v) is 3.39. The van der Waals surface area contributed by atoms with Gasteiger partial charge in [-0.2, -0.15) is 0 Å². The van der Waals surface area contributed by atoms with Gasteiger partial charge >= 0.3 is 0 Å². The summed E-state index contributed by atoms with van der Waals surface area (Å²) in [6.07, 6.45) is 0.178. The largest absolute Gasteiger partial charge is 0.370 e. The number of rotatable bonds is 6. The van der Waals surface area contributed by atoms with Crippen LogP contribution in [0.1, 0.15) is 35.6 Å². The number of hydrogen-bond acceptors (Lipinski definition) is 3. The third-order valence-corrected chi connectivity index (χ3v) is 4.72. The molecule has 0 aliphatic heterocycles. The summed E-state index contributed by atoms with van der Waals surface area (Å²) in [7, 11) is 0. The lowest BCUT2D eigenvalue weighted by Crippen LogP contribution is -2.29. The van der Waals surface area contributed by atoms with E-state index in [1.165, 1.54) is 6.07 Å². The van der Waals surface area contributed by atoms with Gasteiger partial charge in [-0.05, 0) is 37.3 Å². The molecule has 2 aromatic carbocycles. The van der Waals surface area contributed by atoms with Crippen molar-refractivity contribution in [2.24, 2.45) is 5.73 Å². The normalized spacial score (nSPS) is 12.1. The Balaban J connectivity index is 1.90. The van der Waals surface area contributed by atoms with Crippen molar-refractivity contribution in [2.75, 3.05) is 0 Å². The van der Waals surface area contributed by atoms with Gasteiger partial charge in [0.2, 0.25) is 5.91 Å². The zero-order valence-electron chi connectivity index (χ0n) is 14.6. The first-order valence-electron chi connectivity index (χ1n) is 8.36. The van der Waals surface area contributed by atoms with Gasteiger partial charge in [-0.3, -0.25) is 9.59 Å². The molecule has 3 rings (SSSR count). The predicted octanol–water partition coefficient (Wildman–Crippen LogP) is 3.71. The van der Waals surface area contributed by atoms with Gasteiger partial charge in [0.1, 0.15) is 5.82 Å². The highest BCUT2D eigenvalue weighted by Crippen LogP contribution is 2.24. The van der Waals surface area contributed by atoms with Crippen LogP contribution in [0.25, 0.3) is 11.0 Å². The lowest BCUT2D eigenvalue weighted by atomic mass is 10.2. The monoisotopic (exact) mass is 404 g/mol. The van der Waals surface area contributed by atoms with Crippen molar-refractivity contribution in [1.82, 2.24) is 14.9 Å². The molecular formula is C19H18Cl2N4O2. The van der Waals surface area contributed by atoms with Gasteiger partial charge in [0, 0.05) is 18.0 Å². The zero-order valence-corrected chi connectivity index (χ0v) is 16.1. The topological polar surface area (TPSA) is 90.0 Å². The van der Waals surface area contributed by atoms with E-state index in [4.69, 9.17) is 28.9 Å². The summed E-state index contributed by atoms with van der Waals surface area (Å²) >= 11 is 12.0. The smallest absolute Gasteiger partial charge is 0.253 e. The van der Waals surface area contributed by atoms with Crippen molar-refractivity contribution < 1.29 is 9.59 Å². The Kier molecular flexibility index (Phi) is 5.68. The minimum Gasteiger partial charge on any atom is -0.370 e. The highest BCUT2D eigenvalue weighted by Gasteiger charge is 2.20. The molecule has 0 aliphatic rings. The van der Waals surface area contributed by atoms with E-state index in [-0.39, 0.29) is 17.4 Å². The van der Waals surface area contributed by atoms with Crippen LogP contribution in [-0.4, -0.2) is 21.4 Å². The summed E-state index contributed by atoms with van der Waals surface area (Å²) in [4.78, 5) is 28.5. The van der Waals surface area contributed by atoms with E-state index in [1.807, 2.05) is 35.8 Å². The second-order valence-electron chi connectivity index (χ2n) is 6.15. The van der Waals surface area contributed by atoms with Crippen LogP contribution in [0.2, 0.25) is 10.0 Å². The maximum atomic E-state index is 12.6. The number of benzene rings is 2. The molecule has 140 valence electrons. The summed E-state index contributed by atoms with van der Waals surface area (Å²) in [5.41, 5.74) is 7.28. The number of hydrogen-bond donors (Lipinski definition) is 2. The van der Waals surface area contributed by atoms with E-state index in [9.17, 15) is 9.59 Å². The molecule has 1 heterocycles.